The summed E-state index contributed by atoms with van der Waals surface area (Å²) in [4.78, 5) is 11.8. The molecular formula is C11H20O. The Morgan fingerprint density at radius 2 is 1.83 bits per heavy atom. The van der Waals surface area contributed by atoms with Crippen LogP contribution in [0.4, 0.5) is 0 Å². The summed E-state index contributed by atoms with van der Waals surface area (Å²) in [5.41, 5.74) is 0.288. The first-order valence-electron chi connectivity index (χ1n) is 5.03. The SMILES string of the molecule is CCC(=O)C1(CC)CCC1(C)C. The molecule has 1 unspecified atom stereocenters. The Labute approximate surface area is 75.5 Å². The van der Waals surface area contributed by atoms with Crippen molar-refractivity contribution in [1.82, 2.24) is 0 Å². The molecular weight excluding hydrogens is 148 g/mol. The molecule has 1 rings (SSSR count). The van der Waals surface area contributed by atoms with E-state index in [2.05, 4.69) is 20.8 Å². The van der Waals surface area contributed by atoms with Crippen molar-refractivity contribution in [2.75, 3.05) is 0 Å². The van der Waals surface area contributed by atoms with Gasteiger partial charge in [0.05, 0.1) is 0 Å². The first kappa shape index (κ1) is 9.76. The summed E-state index contributed by atoms with van der Waals surface area (Å²) < 4.78 is 0. The van der Waals surface area contributed by atoms with Crippen LogP contribution in [0.2, 0.25) is 0 Å². The Bertz CT molecular complexity index is 189. The molecule has 12 heavy (non-hydrogen) atoms. The average Bonchev–Trinajstić information content (AvgIpc) is 2.04. The number of carbonyl (C=O) groups is 1. The van der Waals surface area contributed by atoms with Crippen LogP contribution >= 0.6 is 0 Å². The highest BCUT2D eigenvalue weighted by atomic mass is 16.1. The largest absolute Gasteiger partial charge is 0.299 e. The van der Waals surface area contributed by atoms with Crippen molar-refractivity contribution in [3.63, 3.8) is 0 Å². The van der Waals surface area contributed by atoms with E-state index in [0.717, 1.165) is 12.8 Å². The predicted octanol–water partition coefficient (Wildman–Crippen LogP) is 3.18. The first-order chi connectivity index (χ1) is 5.50. The fourth-order valence-electron chi connectivity index (χ4n) is 2.63. The summed E-state index contributed by atoms with van der Waals surface area (Å²) >= 11 is 0. The lowest BCUT2D eigenvalue weighted by molar-refractivity contribution is -0.149. The number of ketones is 1. The second kappa shape index (κ2) is 2.86. The first-order valence-corrected chi connectivity index (χ1v) is 5.03. The van der Waals surface area contributed by atoms with Crippen LogP contribution in [0.3, 0.4) is 0 Å². The zero-order valence-corrected chi connectivity index (χ0v) is 8.74. The molecule has 0 spiro atoms. The lowest BCUT2D eigenvalue weighted by Gasteiger charge is -2.55. The Hall–Kier alpha value is -0.330. The van der Waals surface area contributed by atoms with Gasteiger partial charge in [-0.2, -0.15) is 0 Å². The van der Waals surface area contributed by atoms with Crippen LogP contribution in [-0.4, -0.2) is 5.78 Å². The fourth-order valence-corrected chi connectivity index (χ4v) is 2.63. The van der Waals surface area contributed by atoms with E-state index in [1.807, 2.05) is 6.92 Å². The molecule has 0 aliphatic heterocycles. The molecule has 0 aromatic carbocycles. The summed E-state index contributed by atoms with van der Waals surface area (Å²) in [7, 11) is 0. The minimum Gasteiger partial charge on any atom is -0.299 e. The lowest BCUT2D eigenvalue weighted by atomic mass is 9.48. The maximum absolute atomic E-state index is 11.8. The zero-order chi connectivity index (χ0) is 9.41. The zero-order valence-electron chi connectivity index (χ0n) is 8.74. The van der Waals surface area contributed by atoms with Crippen LogP contribution in [0.15, 0.2) is 0 Å². The second-order valence-electron chi connectivity index (χ2n) is 4.60. The molecule has 1 nitrogen and oxygen atoms in total. The van der Waals surface area contributed by atoms with E-state index in [9.17, 15) is 4.79 Å². The molecule has 1 fully saturated rings. The van der Waals surface area contributed by atoms with Crippen molar-refractivity contribution in [3.05, 3.63) is 0 Å². The van der Waals surface area contributed by atoms with Crippen molar-refractivity contribution < 1.29 is 4.79 Å². The lowest BCUT2D eigenvalue weighted by Crippen LogP contribution is -2.52. The quantitative estimate of drug-likeness (QED) is 0.632. The monoisotopic (exact) mass is 168 g/mol. The third-order valence-corrected chi connectivity index (χ3v) is 3.93. The van der Waals surface area contributed by atoms with Crippen LogP contribution in [0.1, 0.15) is 53.4 Å². The van der Waals surface area contributed by atoms with E-state index in [0.29, 0.717) is 12.2 Å². The summed E-state index contributed by atoms with van der Waals surface area (Å²) in [6.45, 7) is 8.59. The van der Waals surface area contributed by atoms with Gasteiger partial charge in [0.1, 0.15) is 5.78 Å². The van der Waals surface area contributed by atoms with Gasteiger partial charge in [0.2, 0.25) is 0 Å². The molecule has 0 aromatic heterocycles. The third kappa shape index (κ3) is 1.02. The van der Waals surface area contributed by atoms with E-state index < -0.39 is 0 Å². The maximum atomic E-state index is 11.8. The molecule has 0 bridgehead atoms. The Morgan fingerprint density at radius 3 is 1.92 bits per heavy atom. The predicted molar refractivity (Wildman–Crippen MR) is 51.0 cm³/mol. The molecule has 1 saturated carbocycles. The molecule has 1 aliphatic rings. The summed E-state index contributed by atoms with van der Waals surface area (Å²) in [6.07, 6.45) is 4.06. The van der Waals surface area contributed by atoms with Gasteiger partial charge in [-0.25, -0.2) is 0 Å². The van der Waals surface area contributed by atoms with Crippen LogP contribution < -0.4 is 0 Å². The highest BCUT2D eigenvalue weighted by Gasteiger charge is 2.55. The minimum atomic E-state index is 0.0295. The van der Waals surface area contributed by atoms with E-state index >= 15 is 0 Å². The molecule has 1 heteroatoms. The number of carbonyl (C=O) groups excluding carboxylic acids is 1. The van der Waals surface area contributed by atoms with Gasteiger partial charge in [-0.1, -0.05) is 27.7 Å². The van der Waals surface area contributed by atoms with Crippen LogP contribution in [0.5, 0.6) is 0 Å². The molecule has 0 amide bonds. The topological polar surface area (TPSA) is 17.1 Å². The highest BCUT2D eigenvalue weighted by molar-refractivity contribution is 5.86. The Kier molecular flexibility index (Phi) is 2.33. The van der Waals surface area contributed by atoms with Crippen molar-refractivity contribution in [2.45, 2.75) is 53.4 Å². The average molecular weight is 168 g/mol. The summed E-state index contributed by atoms with van der Waals surface area (Å²) in [5, 5.41) is 0. The van der Waals surface area contributed by atoms with Gasteiger partial charge >= 0.3 is 0 Å². The van der Waals surface area contributed by atoms with Crippen molar-refractivity contribution in [2.24, 2.45) is 10.8 Å². The van der Waals surface area contributed by atoms with Gasteiger partial charge in [0.15, 0.2) is 0 Å². The standard InChI is InChI=1S/C11H20O/c1-5-9(12)11(6-2)8-7-10(11,3)4/h5-8H2,1-4H3. The van der Waals surface area contributed by atoms with E-state index in [4.69, 9.17) is 0 Å². The van der Waals surface area contributed by atoms with Gasteiger partial charge < -0.3 is 0 Å². The molecule has 0 N–H and O–H groups in total. The van der Waals surface area contributed by atoms with Crippen molar-refractivity contribution in [1.29, 1.82) is 0 Å². The maximum Gasteiger partial charge on any atom is 0.139 e. The van der Waals surface area contributed by atoms with Gasteiger partial charge in [-0.3, -0.25) is 4.79 Å². The minimum absolute atomic E-state index is 0.0295. The molecule has 70 valence electrons. The molecule has 0 radical (unpaired) electrons. The number of hydrogen-bond acceptors (Lipinski definition) is 1. The Morgan fingerprint density at radius 1 is 1.25 bits per heavy atom. The third-order valence-electron chi connectivity index (χ3n) is 3.93. The highest BCUT2D eigenvalue weighted by Crippen LogP contribution is 2.59. The summed E-state index contributed by atoms with van der Waals surface area (Å²) in [5.74, 6) is 0.473. The number of hydrogen-bond donors (Lipinski definition) is 0. The van der Waals surface area contributed by atoms with Crippen molar-refractivity contribution >= 4 is 5.78 Å². The van der Waals surface area contributed by atoms with Crippen molar-refractivity contribution in [3.8, 4) is 0 Å². The molecule has 0 aromatic rings. The number of Topliss-reactive ketones (excluding diaryl/α,β-unsaturated/α-hetero) is 1. The molecule has 1 atom stereocenters. The van der Waals surface area contributed by atoms with Crippen LogP contribution in [0.25, 0.3) is 0 Å². The summed E-state index contributed by atoms with van der Waals surface area (Å²) in [6, 6.07) is 0. The molecule has 0 saturated heterocycles. The van der Waals surface area contributed by atoms with Gasteiger partial charge in [-0.15, -0.1) is 0 Å². The van der Waals surface area contributed by atoms with Crippen LogP contribution in [-0.2, 0) is 4.79 Å². The Balaban J connectivity index is 2.85. The smallest absolute Gasteiger partial charge is 0.139 e. The second-order valence-corrected chi connectivity index (χ2v) is 4.60. The number of rotatable bonds is 3. The van der Waals surface area contributed by atoms with E-state index in [-0.39, 0.29) is 10.8 Å². The van der Waals surface area contributed by atoms with E-state index in [1.165, 1.54) is 6.42 Å². The molecule has 0 heterocycles. The van der Waals surface area contributed by atoms with Crippen LogP contribution in [0, 0.1) is 10.8 Å². The fraction of sp³-hybridized carbons (Fsp3) is 0.909. The normalized spacial score (nSPS) is 32.7. The van der Waals surface area contributed by atoms with Gasteiger partial charge in [0, 0.05) is 11.8 Å². The van der Waals surface area contributed by atoms with Gasteiger partial charge in [0.25, 0.3) is 0 Å². The molecule has 1 aliphatic carbocycles. The van der Waals surface area contributed by atoms with Gasteiger partial charge in [-0.05, 0) is 24.7 Å². The van der Waals surface area contributed by atoms with E-state index in [1.54, 1.807) is 0 Å².